The molecule has 23 heavy (non-hydrogen) atoms. The standard InChI is InChI=1S/C16H22N2O4S/c1-12(2)9-11-22-15(19)8-5-10-17-16-13-6-3-4-7-14(13)23(20,21)18-16/h3-4,6-7,12H,5,8-11H2,1-2H3,(H,17,18). The first-order valence-corrected chi connectivity index (χ1v) is 9.21. The Kier molecular flexibility index (Phi) is 5.76. The van der Waals surface area contributed by atoms with E-state index in [1.54, 1.807) is 24.3 Å². The van der Waals surface area contributed by atoms with Crippen LogP contribution in [0.3, 0.4) is 0 Å². The summed E-state index contributed by atoms with van der Waals surface area (Å²) in [4.78, 5) is 16.0. The normalized spacial score (nSPS) is 17.1. The smallest absolute Gasteiger partial charge is 0.305 e. The number of nitrogens with one attached hydrogen (secondary N) is 1. The van der Waals surface area contributed by atoms with E-state index in [0.29, 0.717) is 36.9 Å². The van der Waals surface area contributed by atoms with Crippen molar-refractivity contribution in [3.8, 4) is 0 Å². The highest BCUT2D eigenvalue weighted by Crippen LogP contribution is 2.22. The van der Waals surface area contributed by atoms with E-state index in [9.17, 15) is 13.2 Å². The van der Waals surface area contributed by atoms with Crippen LogP contribution in [0.1, 0.15) is 38.7 Å². The van der Waals surface area contributed by atoms with Crippen molar-refractivity contribution < 1.29 is 17.9 Å². The number of carbonyl (C=O) groups excluding carboxylic acids is 1. The van der Waals surface area contributed by atoms with E-state index >= 15 is 0 Å². The Morgan fingerprint density at radius 1 is 1.30 bits per heavy atom. The van der Waals surface area contributed by atoms with Gasteiger partial charge in [-0.1, -0.05) is 26.0 Å². The lowest BCUT2D eigenvalue weighted by Crippen LogP contribution is -2.22. The number of benzene rings is 1. The summed E-state index contributed by atoms with van der Waals surface area (Å²) in [5.41, 5.74) is 0.576. The second-order valence-corrected chi connectivity index (χ2v) is 7.49. The predicted octanol–water partition coefficient (Wildman–Crippen LogP) is 2.09. The van der Waals surface area contributed by atoms with Gasteiger partial charge in [-0.05, 0) is 30.9 Å². The summed E-state index contributed by atoms with van der Waals surface area (Å²) in [6.07, 6.45) is 1.66. The Morgan fingerprint density at radius 2 is 2.04 bits per heavy atom. The van der Waals surface area contributed by atoms with Crippen molar-refractivity contribution in [3.63, 3.8) is 0 Å². The third kappa shape index (κ3) is 4.79. The van der Waals surface area contributed by atoms with Crippen LogP contribution in [-0.2, 0) is 19.6 Å². The monoisotopic (exact) mass is 338 g/mol. The van der Waals surface area contributed by atoms with Crippen molar-refractivity contribution in [1.82, 2.24) is 4.72 Å². The quantitative estimate of drug-likeness (QED) is 0.609. The molecule has 1 aromatic carbocycles. The number of fused-ring (bicyclic) bond motifs is 1. The maximum absolute atomic E-state index is 11.9. The molecular weight excluding hydrogens is 316 g/mol. The fourth-order valence-electron chi connectivity index (χ4n) is 2.15. The van der Waals surface area contributed by atoms with Crippen LogP contribution >= 0.6 is 0 Å². The number of hydrogen-bond donors (Lipinski definition) is 1. The van der Waals surface area contributed by atoms with Gasteiger partial charge < -0.3 is 4.74 Å². The fraction of sp³-hybridized carbons (Fsp3) is 0.500. The second kappa shape index (κ2) is 7.59. The van der Waals surface area contributed by atoms with Crippen LogP contribution in [-0.4, -0.2) is 33.4 Å². The summed E-state index contributed by atoms with van der Waals surface area (Å²) < 4.78 is 31.4. The number of hydrogen-bond acceptors (Lipinski definition) is 5. The van der Waals surface area contributed by atoms with Crippen LogP contribution in [0.25, 0.3) is 0 Å². The Labute approximate surface area is 137 Å². The van der Waals surface area contributed by atoms with E-state index < -0.39 is 10.0 Å². The van der Waals surface area contributed by atoms with Gasteiger partial charge in [0.05, 0.1) is 11.5 Å². The average molecular weight is 338 g/mol. The van der Waals surface area contributed by atoms with Crippen LogP contribution in [0, 0.1) is 5.92 Å². The van der Waals surface area contributed by atoms with E-state index in [0.717, 1.165) is 6.42 Å². The zero-order chi connectivity index (χ0) is 16.9. The lowest BCUT2D eigenvalue weighted by Gasteiger charge is -2.06. The molecule has 0 aliphatic carbocycles. The highest BCUT2D eigenvalue weighted by atomic mass is 32.2. The molecule has 7 heteroatoms. The molecule has 0 radical (unpaired) electrons. The molecule has 1 aromatic rings. The molecule has 0 amide bonds. The molecule has 2 rings (SSSR count). The van der Waals surface area contributed by atoms with Gasteiger partial charge >= 0.3 is 5.97 Å². The number of ether oxygens (including phenoxy) is 1. The number of esters is 1. The number of carbonyl (C=O) groups is 1. The molecule has 0 saturated heterocycles. The van der Waals surface area contributed by atoms with Crippen molar-refractivity contribution in [2.45, 2.75) is 38.0 Å². The molecule has 1 aliphatic rings. The molecule has 1 N–H and O–H groups in total. The van der Waals surface area contributed by atoms with Crippen LogP contribution in [0.4, 0.5) is 0 Å². The Hall–Kier alpha value is -1.89. The van der Waals surface area contributed by atoms with Gasteiger partial charge in [0.15, 0.2) is 0 Å². The van der Waals surface area contributed by atoms with Gasteiger partial charge in [0.1, 0.15) is 5.84 Å². The van der Waals surface area contributed by atoms with E-state index in [-0.39, 0.29) is 17.3 Å². The largest absolute Gasteiger partial charge is 0.466 e. The fourth-order valence-corrected chi connectivity index (χ4v) is 3.40. The number of amidine groups is 1. The zero-order valence-corrected chi connectivity index (χ0v) is 14.2. The van der Waals surface area contributed by atoms with Gasteiger partial charge in [0, 0.05) is 18.5 Å². The lowest BCUT2D eigenvalue weighted by atomic mass is 10.1. The van der Waals surface area contributed by atoms with Gasteiger partial charge in [0.2, 0.25) is 0 Å². The topological polar surface area (TPSA) is 84.8 Å². The summed E-state index contributed by atoms with van der Waals surface area (Å²) in [6.45, 7) is 4.96. The minimum absolute atomic E-state index is 0.238. The molecule has 126 valence electrons. The van der Waals surface area contributed by atoms with Crippen molar-refractivity contribution >= 4 is 21.8 Å². The van der Waals surface area contributed by atoms with Gasteiger partial charge in [0.25, 0.3) is 10.0 Å². The highest BCUT2D eigenvalue weighted by Gasteiger charge is 2.29. The number of nitrogens with zero attached hydrogens (tertiary/aromatic N) is 1. The van der Waals surface area contributed by atoms with E-state index in [1.165, 1.54) is 0 Å². The van der Waals surface area contributed by atoms with Crippen molar-refractivity contribution in [2.75, 3.05) is 13.2 Å². The Morgan fingerprint density at radius 3 is 2.78 bits per heavy atom. The number of sulfonamides is 1. The molecule has 0 atom stereocenters. The zero-order valence-electron chi connectivity index (χ0n) is 13.4. The second-order valence-electron chi connectivity index (χ2n) is 5.84. The van der Waals surface area contributed by atoms with Gasteiger partial charge in [-0.25, -0.2) is 8.42 Å². The molecule has 0 saturated carbocycles. The first kappa shape index (κ1) is 17.5. The van der Waals surface area contributed by atoms with Crippen LogP contribution in [0.15, 0.2) is 34.2 Å². The average Bonchev–Trinajstić information content (AvgIpc) is 2.75. The summed E-state index contributed by atoms with van der Waals surface area (Å²) in [5, 5.41) is 0. The predicted molar refractivity (Wildman–Crippen MR) is 87.8 cm³/mol. The first-order chi connectivity index (χ1) is 10.9. The molecule has 6 nitrogen and oxygen atoms in total. The van der Waals surface area contributed by atoms with Crippen molar-refractivity contribution in [1.29, 1.82) is 0 Å². The van der Waals surface area contributed by atoms with E-state index in [4.69, 9.17) is 4.74 Å². The molecule has 0 fully saturated rings. The summed E-state index contributed by atoms with van der Waals surface area (Å²) in [7, 11) is -3.50. The third-order valence-corrected chi connectivity index (χ3v) is 4.83. The van der Waals surface area contributed by atoms with Gasteiger partial charge in [-0.2, -0.15) is 0 Å². The van der Waals surface area contributed by atoms with E-state index in [1.807, 2.05) is 0 Å². The molecule has 0 bridgehead atoms. The SMILES string of the molecule is CC(C)CCOC(=O)CCCN=C1NS(=O)(=O)c2ccccc21. The lowest BCUT2D eigenvalue weighted by molar-refractivity contribution is -0.144. The first-order valence-electron chi connectivity index (χ1n) is 7.72. The summed E-state index contributed by atoms with van der Waals surface area (Å²) in [5.74, 6) is 0.608. The van der Waals surface area contributed by atoms with Gasteiger partial charge in [-0.15, -0.1) is 0 Å². The van der Waals surface area contributed by atoms with Crippen LogP contribution < -0.4 is 4.72 Å². The highest BCUT2D eigenvalue weighted by molar-refractivity contribution is 7.90. The number of rotatable bonds is 7. The van der Waals surface area contributed by atoms with E-state index in [2.05, 4.69) is 23.6 Å². The van der Waals surface area contributed by atoms with Crippen molar-refractivity contribution in [2.24, 2.45) is 10.9 Å². The summed E-state index contributed by atoms with van der Waals surface area (Å²) >= 11 is 0. The Balaban J connectivity index is 1.82. The molecular formula is C16H22N2O4S. The van der Waals surface area contributed by atoms with Crippen molar-refractivity contribution in [3.05, 3.63) is 29.8 Å². The maximum Gasteiger partial charge on any atom is 0.305 e. The molecule has 0 aromatic heterocycles. The maximum atomic E-state index is 11.9. The molecule has 1 heterocycles. The van der Waals surface area contributed by atoms with Gasteiger partial charge in [-0.3, -0.25) is 14.5 Å². The third-order valence-electron chi connectivity index (χ3n) is 3.43. The molecule has 0 spiro atoms. The minimum atomic E-state index is -3.50. The summed E-state index contributed by atoms with van der Waals surface area (Å²) in [6, 6.07) is 6.70. The minimum Gasteiger partial charge on any atom is -0.466 e. The molecule has 0 unspecified atom stereocenters. The number of aliphatic imine (C=N–C) groups is 1. The molecule has 1 aliphatic heterocycles. The van der Waals surface area contributed by atoms with Crippen LogP contribution in [0.5, 0.6) is 0 Å². The Bertz CT molecular complexity index is 696. The van der Waals surface area contributed by atoms with Crippen LogP contribution in [0.2, 0.25) is 0 Å².